The molecule has 0 spiro atoms. The largest absolute Gasteiger partial charge is 0.573 e. The van der Waals surface area contributed by atoms with Gasteiger partial charge in [-0.25, -0.2) is 0 Å². The summed E-state index contributed by atoms with van der Waals surface area (Å²) < 4.78 is 45.7. The van der Waals surface area contributed by atoms with E-state index in [2.05, 4.69) is 20.3 Å². The van der Waals surface area contributed by atoms with Crippen LogP contribution < -0.4 is 14.8 Å². The van der Waals surface area contributed by atoms with E-state index in [-0.39, 0.29) is 22.9 Å². The molecule has 0 bridgehead atoms. The van der Waals surface area contributed by atoms with Crippen LogP contribution in [-0.4, -0.2) is 47.1 Å². The third-order valence-electron chi connectivity index (χ3n) is 2.92. The summed E-state index contributed by atoms with van der Waals surface area (Å²) in [6.45, 7) is 0. The maximum Gasteiger partial charge on any atom is 0.573 e. The Kier molecular flexibility index (Phi) is 6.08. The van der Waals surface area contributed by atoms with Crippen molar-refractivity contribution >= 4 is 35.0 Å². The molecule has 0 aromatic heterocycles. The minimum atomic E-state index is -4.84. The number of amides is 1. The maximum absolute atomic E-state index is 12.3. The SMILES string of the molecule is COc1ccc(OC(F)(F)F)cc1C=NN=C1NC(=O)C(CC(=O)O)S1. The highest BCUT2D eigenvalue weighted by atomic mass is 32.2. The van der Waals surface area contributed by atoms with Gasteiger partial charge < -0.3 is 19.9 Å². The van der Waals surface area contributed by atoms with Crippen LogP contribution in [0.2, 0.25) is 0 Å². The molecule has 140 valence electrons. The number of alkyl halides is 3. The molecular weight excluding hydrogens is 379 g/mol. The van der Waals surface area contributed by atoms with Crippen molar-refractivity contribution in [3.05, 3.63) is 23.8 Å². The summed E-state index contributed by atoms with van der Waals surface area (Å²) in [7, 11) is 1.33. The smallest absolute Gasteiger partial charge is 0.496 e. The lowest BCUT2D eigenvalue weighted by Crippen LogP contribution is -2.26. The molecule has 1 aromatic rings. The Labute approximate surface area is 149 Å². The normalized spacial score (nSPS) is 19.0. The first kappa shape index (κ1) is 19.6. The van der Waals surface area contributed by atoms with Gasteiger partial charge in [-0.2, -0.15) is 5.10 Å². The van der Waals surface area contributed by atoms with E-state index < -0.39 is 29.2 Å². The molecule has 12 heteroatoms. The topological polar surface area (TPSA) is 110 Å². The first-order valence-corrected chi connectivity index (χ1v) is 7.80. The summed E-state index contributed by atoms with van der Waals surface area (Å²) in [5, 5.41) is 17.7. The first-order chi connectivity index (χ1) is 12.2. The summed E-state index contributed by atoms with van der Waals surface area (Å²) in [6, 6.07) is 3.41. The molecule has 2 rings (SSSR count). The number of ether oxygens (including phenoxy) is 2. The highest BCUT2D eigenvalue weighted by Crippen LogP contribution is 2.27. The molecule has 1 unspecified atom stereocenters. The molecule has 1 heterocycles. The fraction of sp³-hybridized carbons (Fsp3) is 0.286. The predicted molar refractivity (Wildman–Crippen MR) is 86.5 cm³/mol. The third kappa shape index (κ3) is 5.65. The quantitative estimate of drug-likeness (QED) is 0.567. The van der Waals surface area contributed by atoms with Gasteiger partial charge in [-0.05, 0) is 18.2 Å². The van der Waals surface area contributed by atoms with Crippen LogP contribution in [-0.2, 0) is 9.59 Å². The van der Waals surface area contributed by atoms with Crippen LogP contribution in [0.3, 0.4) is 0 Å². The van der Waals surface area contributed by atoms with Crippen LogP contribution in [0, 0.1) is 0 Å². The molecule has 1 amide bonds. The van der Waals surface area contributed by atoms with Crippen LogP contribution in [0.4, 0.5) is 13.2 Å². The minimum Gasteiger partial charge on any atom is -0.496 e. The number of carboxylic acid groups (broad SMARTS) is 1. The number of carbonyl (C=O) groups excluding carboxylic acids is 1. The molecule has 1 aliphatic rings. The minimum absolute atomic E-state index is 0.0826. The van der Waals surface area contributed by atoms with Crippen molar-refractivity contribution in [1.82, 2.24) is 5.32 Å². The number of halogens is 3. The lowest BCUT2D eigenvalue weighted by atomic mass is 10.2. The number of aliphatic carboxylic acids is 1. The van der Waals surface area contributed by atoms with Gasteiger partial charge in [0.1, 0.15) is 16.7 Å². The zero-order chi connectivity index (χ0) is 19.3. The number of amidine groups is 1. The van der Waals surface area contributed by atoms with E-state index in [1.807, 2.05) is 0 Å². The van der Waals surface area contributed by atoms with Crippen molar-refractivity contribution < 1.29 is 37.3 Å². The lowest BCUT2D eigenvalue weighted by molar-refractivity contribution is -0.274. The Morgan fingerprint density at radius 3 is 2.81 bits per heavy atom. The lowest BCUT2D eigenvalue weighted by Gasteiger charge is -2.10. The van der Waals surface area contributed by atoms with Crippen molar-refractivity contribution in [2.45, 2.75) is 18.0 Å². The van der Waals surface area contributed by atoms with Crippen LogP contribution in [0.5, 0.6) is 11.5 Å². The summed E-state index contributed by atoms with van der Waals surface area (Å²) in [6.07, 6.45) is -4.09. The summed E-state index contributed by atoms with van der Waals surface area (Å²) in [4.78, 5) is 22.2. The van der Waals surface area contributed by atoms with Crippen molar-refractivity contribution in [3.8, 4) is 11.5 Å². The molecular formula is C14H12F3N3O5S. The number of methoxy groups -OCH3 is 1. The van der Waals surface area contributed by atoms with Gasteiger partial charge in [-0.1, -0.05) is 11.8 Å². The van der Waals surface area contributed by atoms with E-state index in [1.54, 1.807) is 0 Å². The Bertz CT molecular complexity index is 767. The number of benzene rings is 1. The second-order valence-corrected chi connectivity index (χ2v) is 5.99. The average Bonchev–Trinajstić information content (AvgIpc) is 2.85. The Balaban J connectivity index is 2.13. The Morgan fingerprint density at radius 1 is 1.46 bits per heavy atom. The zero-order valence-corrected chi connectivity index (χ0v) is 13.9. The average molecular weight is 391 g/mol. The highest BCUT2D eigenvalue weighted by Gasteiger charge is 2.32. The third-order valence-corrected chi connectivity index (χ3v) is 3.99. The number of nitrogens with zero attached hydrogens (tertiary/aromatic N) is 2. The summed E-state index contributed by atoms with van der Waals surface area (Å²) in [5.41, 5.74) is 0.162. The van der Waals surface area contributed by atoms with E-state index in [0.717, 1.165) is 30.1 Å². The molecule has 2 N–H and O–H groups in total. The van der Waals surface area contributed by atoms with Crippen molar-refractivity contribution in [2.24, 2.45) is 10.2 Å². The Hall–Kier alpha value is -2.76. The molecule has 1 atom stereocenters. The van der Waals surface area contributed by atoms with Gasteiger partial charge in [0.25, 0.3) is 0 Å². The fourth-order valence-corrected chi connectivity index (χ4v) is 2.81. The van der Waals surface area contributed by atoms with E-state index in [0.29, 0.717) is 0 Å². The number of hydrogen-bond donors (Lipinski definition) is 2. The molecule has 26 heavy (non-hydrogen) atoms. The van der Waals surface area contributed by atoms with Crippen molar-refractivity contribution in [3.63, 3.8) is 0 Å². The zero-order valence-electron chi connectivity index (χ0n) is 13.1. The van der Waals surface area contributed by atoms with Crippen LogP contribution >= 0.6 is 11.8 Å². The van der Waals surface area contributed by atoms with Gasteiger partial charge in [0.05, 0.1) is 19.7 Å². The molecule has 1 aliphatic heterocycles. The second-order valence-electron chi connectivity index (χ2n) is 4.79. The van der Waals surface area contributed by atoms with Gasteiger partial charge in [0, 0.05) is 5.56 Å². The first-order valence-electron chi connectivity index (χ1n) is 6.92. The highest BCUT2D eigenvalue weighted by molar-refractivity contribution is 8.15. The number of thioether (sulfide) groups is 1. The number of hydrogen-bond acceptors (Lipinski definition) is 7. The van der Waals surface area contributed by atoms with Crippen molar-refractivity contribution in [1.29, 1.82) is 0 Å². The number of rotatable bonds is 6. The van der Waals surface area contributed by atoms with Crippen LogP contribution in [0.1, 0.15) is 12.0 Å². The predicted octanol–water partition coefficient (Wildman–Crippen LogP) is 1.99. The van der Waals surface area contributed by atoms with Gasteiger partial charge in [0.2, 0.25) is 5.91 Å². The van der Waals surface area contributed by atoms with Gasteiger partial charge >= 0.3 is 12.3 Å². The van der Waals surface area contributed by atoms with Gasteiger partial charge in [-0.3, -0.25) is 9.59 Å². The second kappa shape index (κ2) is 8.08. The van der Waals surface area contributed by atoms with E-state index >= 15 is 0 Å². The molecule has 1 saturated heterocycles. The number of nitrogens with one attached hydrogen (secondary N) is 1. The summed E-state index contributed by atoms with van der Waals surface area (Å²) >= 11 is 0.893. The van der Waals surface area contributed by atoms with E-state index in [1.165, 1.54) is 13.2 Å². The molecule has 1 aromatic carbocycles. The molecule has 0 radical (unpaired) electrons. The van der Waals surface area contributed by atoms with E-state index in [9.17, 15) is 22.8 Å². The number of carboxylic acids is 1. The van der Waals surface area contributed by atoms with Gasteiger partial charge in [0.15, 0.2) is 5.17 Å². The summed E-state index contributed by atoms with van der Waals surface area (Å²) in [5.74, 6) is -1.87. The maximum atomic E-state index is 12.3. The number of carbonyl (C=O) groups is 2. The van der Waals surface area contributed by atoms with Crippen LogP contribution in [0.15, 0.2) is 28.4 Å². The molecule has 0 aliphatic carbocycles. The van der Waals surface area contributed by atoms with Crippen molar-refractivity contribution in [2.75, 3.05) is 7.11 Å². The fourth-order valence-electron chi connectivity index (χ4n) is 1.90. The monoisotopic (exact) mass is 391 g/mol. The molecule has 8 nitrogen and oxygen atoms in total. The van der Waals surface area contributed by atoms with E-state index in [4.69, 9.17) is 9.84 Å². The molecule has 1 fully saturated rings. The van der Waals surface area contributed by atoms with Crippen LogP contribution in [0.25, 0.3) is 0 Å². The van der Waals surface area contributed by atoms with Gasteiger partial charge in [-0.15, -0.1) is 18.3 Å². The molecule has 0 saturated carbocycles. The standard InChI is InChI=1S/C14H12F3N3O5S/c1-24-9-3-2-8(25-14(15,16)17)4-7(9)6-18-20-13-19-12(23)10(26-13)5-11(21)22/h2-4,6,10H,5H2,1H3,(H,21,22)(H,19,20,23). The Morgan fingerprint density at radius 2 is 2.19 bits per heavy atom.